The van der Waals surface area contributed by atoms with Crippen molar-refractivity contribution in [2.45, 2.75) is 12.5 Å². The van der Waals surface area contributed by atoms with Crippen LogP contribution in [0.5, 0.6) is 0 Å². The van der Waals surface area contributed by atoms with Crippen LogP contribution in [0.4, 0.5) is 10.6 Å². The molecule has 2 N–H and O–H groups in total. The SMILES string of the molecule is Cc1cc(NC(=O)CN2C(=O)NC(c3ccccc3)(c3ccccc3)C2=O)n(C)n1. The number of aryl methyl sites for hydroxylation is 2. The first-order chi connectivity index (χ1) is 14.4. The number of nitrogens with one attached hydrogen (secondary N) is 2. The number of nitrogens with zero attached hydrogens (tertiary/aromatic N) is 3. The Labute approximate surface area is 173 Å². The molecule has 3 aromatic rings. The maximum Gasteiger partial charge on any atom is 0.326 e. The van der Waals surface area contributed by atoms with Gasteiger partial charge in [-0.2, -0.15) is 5.10 Å². The van der Waals surface area contributed by atoms with Crippen LogP contribution in [0.3, 0.4) is 0 Å². The average molecular weight is 403 g/mol. The summed E-state index contributed by atoms with van der Waals surface area (Å²) in [6, 6.07) is 19.1. The van der Waals surface area contributed by atoms with E-state index in [0.29, 0.717) is 16.9 Å². The van der Waals surface area contributed by atoms with Gasteiger partial charge in [-0.05, 0) is 18.1 Å². The molecule has 2 aromatic carbocycles. The summed E-state index contributed by atoms with van der Waals surface area (Å²) in [5.41, 5.74) is 0.609. The molecule has 0 atom stereocenters. The monoisotopic (exact) mass is 403 g/mol. The van der Waals surface area contributed by atoms with Gasteiger partial charge in [-0.15, -0.1) is 0 Å². The predicted octanol–water partition coefficient (Wildman–Crippen LogP) is 2.16. The number of urea groups is 1. The topological polar surface area (TPSA) is 96.3 Å². The molecule has 1 fully saturated rings. The van der Waals surface area contributed by atoms with E-state index in [-0.39, 0.29) is 0 Å². The third-order valence-electron chi connectivity index (χ3n) is 5.09. The lowest BCUT2D eigenvalue weighted by Crippen LogP contribution is -2.45. The Bertz CT molecular complexity index is 1070. The second-order valence-electron chi connectivity index (χ2n) is 7.15. The number of hydrogen-bond donors (Lipinski definition) is 2. The number of benzene rings is 2. The summed E-state index contributed by atoms with van der Waals surface area (Å²) in [6.45, 7) is 1.40. The fraction of sp³-hybridized carbons (Fsp3) is 0.182. The van der Waals surface area contributed by atoms with Gasteiger partial charge in [0, 0.05) is 13.1 Å². The number of carbonyl (C=O) groups is 3. The maximum atomic E-state index is 13.5. The van der Waals surface area contributed by atoms with E-state index in [0.717, 1.165) is 10.6 Å². The quantitative estimate of drug-likeness (QED) is 0.638. The van der Waals surface area contributed by atoms with Gasteiger partial charge in [-0.1, -0.05) is 60.7 Å². The first-order valence-corrected chi connectivity index (χ1v) is 9.47. The average Bonchev–Trinajstić information content (AvgIpc) is 3.19. The molecule has 0 saturated carbocycles. The molecule has 1 aromatic heterocycles. The summed E-state index contributed by atoms with van der Waals surface area (Å²) in [7, 11) is 1.70. The highest BCUT2D eigenvalue weighted by Gasteiger charge is 2.54. The van der Waals surface area contributed by atoms with Gasteiger partial charge < -0.3 is 10.6 Å². The van der Waals surface area contributed by atoms with Crippen LogP contribution in [-0.4, -0.2) is 39.1 Å². The normalized spacial score (nSPS) is 15.2. The molecule has 2 heterocycles. The van der Waals surface area contributed by atoms with Crippen LogP contribution in [0.25, 0.3) is 0 Å². The van der Waals surface area contributed by atoms with Crippen molar-refractivity contribution in [3.63, 3.8) is 0 Å². The molecule has 30 heavy (non-hydrogen) atoms. The Morgan fingerprint density at radius 3 is 2.10 bits per heavy atom. The zero-order chi connectivity index (χ0) is 21.3. The molecule has 152 valence electrons. The van der Waals surface area contributed by atoms with Crippen molar-refractivity contribution < 1.29 is 14.4 Å². The lowest BCUT2D eigenvalue weighted by atomic mass is 9.82. The molecule has 8 nitrogen and oxygen atoms in total. The zero-order valence-electron chi connectivity index (χ0n) is 16.6. The molecule has 0 aliphatic carbocycles. The van der Waals surface area contributed by atoms with E-state index in [4.69, 9.17) is 0 Å². The number of imide groups is 1. The van der Waals surface area contributed by atoms with Gasteiger partial charge in [0.05, 0.1) is 5.69 Å². The minimum absolute atomic E-state index is 0.406. The third-order valence-corrected chi connectivity index (χ3v) is 5.09. The highest BCUT2D eigenvalue weighted by atomic mass is 16.2. The van der Waals surface area contributed by atoms with E-state index in [2.05, 4.69) is 15.7 Å². The van der Waals surface area contributed by atoms with Gasteiger partial charge in [0.2, 0.25) is 5.91 Å². The van der Waals surface area contributed by atoms with Crippen LogP contribution in [0.1, 0.15) is 16.8 Å². The molecule has 0 bridgehead atoms. The van der Waals surface area contributed by atoms with E-state index in [1.54, 1.807) is 68.6 Å². The second-order valence-corrected chi connectivity index (χ2v) is 7.15. The predicted molar refractivity (Wildman–Crippen MR) is 110 cm³/mol. The standard InChI is InChI=1S/C22H21N5O3/c1-15-13-18(26(2)25-15)23-19(28)14-27-20(29)22(24-21(27)30,16-9-5-3-6-10-16)17-11-7-4-8-12-17/h3-13H,14H2,1-2H3,(H,23,28)(H,24,30). The van der Waals surface area contributed by atoms with Crippen LogP contribution in [-0.2, 0) is 22.2 Å². The lowest BCUT2D eigenvalue weighted by molar-refractivity contribution is -0.133. The summed E-state index contributed by atoms with van der Waals surface area (Å²) in [6.07, 6.45) is 0. The van der Waals surface area contributed by atoms with Gasteiger partial charge in [-0.25, -0.2) is 4.79 Å². The number of aromatic nitrogens is 2. The van der Waals surface area contributed by atoms with Crippen molar-refractivity contribution >= 4 is 23.7 Å². The smallest absolute Gasteiger partial charge is 0.315 e. The van der Waals surface area contributed by atoms with Crippen molar-refractivity contribution in [2.24, 2.45) is 7.05 Å². The third kappa shape index (κ3) is 3.22. The summed E-state index contributed by atoms with van der Waals surface area (Å²) >= 11 is 0. The molecule has 1 aliphatic heterocycles. The van der Waals surface area contributed by atoms with E-state index >= 15 is 0 Å². The van der Waals surface area contributed by atoms with Gasteiger partial charge in [0.1, 0.15) is 12.4 Å². The molecule has 4 rings (SSSR count). The molecule has 0 unspecified atom stereocenters. The highest BCUT2D eigenvalue weighted by Crippen LogP contribution is 2.35. The van der Waals surface area contributed by atoms with E-state index in [1.807, 2.05) is 12.1 Å². The van der Waals surface area contributed by atoms with Crippen LogP contribution in [0, 0.1) is 6.92 Å². The van der Waals surface area contributed by atoms with Crippen molar-refractivity contribution in [1.29, 1.82) is 0 Å². The van der Waals surface area contributed by atoms with Crippen LogP contribution in [0.2, 0.25) is 0 Å². The fourth-order valence-electron chi connectivity index (χ4n) is 3.71. The number of carbonyl (C=O) groups excluding carboxylic acids is 3. The first kappa shape index (κ1) is 19.4. The minimum atomic E-state index is -1.39. The molecule has 4 amide bonds. The summed E-state index contributed by atoms with van der Waals surface area (Å²) in [5.74, 6) is -0.499. The summed E-state index contributed by atoms with van der Waals surface area (Å²) in [5, 5.41) is 9.69. The number of hydrogen-bond acceptors (Lipinski definition) is 4. The first-order valence-electron chi connectivity index (χ1n) is 9.47. The van der Waals surface area contributed by atoms with Crippen molar-refractivity contribution in [3.8, 4) is 0 Å². The summed E-state index contributed by atoms with van der Waals surface area (Å²) < 4.78 is 1.53. The maximum absolute atomic E-state index is 13.5. The largest absolute Gasteiger partial charge is 0.326 e. The van der Waals surface area contributed by atoms with Crippen molar-refractivity contribution in [1.82, 2.24) is 20.0 Å². The Morgan fingerprint density at radius 2 is 1.60 bits per heavy atom. The lowest BCUT2D eigenvalue weighted by Gasteiger charge is -2.27. The van der Waals surface area contributed by atoms with E-state index in [9.17, 15) is 14.4 Å². The molecule has 1 saturated heterocycles. The van der Waals surface area contributed by atoms with Crippen LogP contribution in [0.15, 0.2) is 66.7 Å². The van der Waals surface area contributed by atoms with E-state index in [1.165, 1.54) is 4.68 Å². The Morgan fingerprint density at radius 1 is 1.03 bits per heavy atom. The van der Waals surface area contributed by atoms with Gasteiger partial charge in [-0.3, -0.25) is 19.2 Å². The van der Waals surface area contributed by atoms with Gasteiger partial charge in [0.15, 0.2) is 5.54 Å². The Hall–Kier alpha value is -3.94. The Kier molecular flexibility index (Phi) is 4.83. The fourth-order valence-corrected chi connectivity index (χ4v) is 3.71. The Balaban J connectivity index is 1.65. The highest BCUT2D eigenvalue weighted by molar-refractivity contribution is 6.12. The second kappa shape index (κ2) is 7.47. The molecular weight excluding hydrogens is 382 g/mol. The molecule has 1 aliphatic rings. The minimum Gasteiger partial charge on any atom is -0.315 e. The number of amides is 4. The van der Waals surface area contributed by atoms with Crippen molar-refractivity contribution in [2.75, 3.05) is 11.9 Å². The van der Waals surface area contributed by atoms with Crippen molar-refractivity contribution in [3.05, 3.63) is 83.6 Å². The van der Waals surface area contributed by atoms with E-state index < -0.39 is 29.9 Å². The molecule has 8 heteroatoms. The zero-order valence-corrected chi connectivity index (χ0v) is 16.6. The summed E-state index contributed by atoms with van der Waals surface area (Å²) in [4.78, 5) is 39.9. The molecular formula is C22H21N5O3. The molecule has 0 radical (unpaired) electrons. The molecule has 0 spiro atoms. The van der Waals surface area contributed by atoms with Gasteiger partial charge in [0.25, 0.3) is 5.91 Å². The van der Waals surface area contributed by atoms with Crippen LogP contribution >= 0.6 is 0 Å². The number of rotatable bonds is 5. The van der Waals surface area contributed by atoms with Crippen LogP contribution < -0.4 is 10.6 Å². The van der Waals surface area contributed by atoms with Gasteiger partial charge >= 0.3 is 6.03 Å². The number of anilines is 1.